The number of H-pyrrole nitrogens is 1. The van der Waals surface area contributed by atoms with Gasteiger partial charge in [-0.25, -0.2) is 0 Å². The third-order valence-corrected chi connectivity index (χ3v) is 3.06. The minimum Gasteiger partial charge on any atom is -0.298 e. The lowest BCUT2D eigenvalue weighted by molar-refractivity contribution is -0.111. The zero-order valence-corrected chi connectivity index (χ0v) is 10.4. The summed E-state index contributed by atoms with van der Waals surface area (Å²) in [5.74, 6) is -0.190. The van der Waals surface area contributed by atoms with E-state index in [0.29, 0.717) is 10.8 Å². The quantitative estimate of drug-likeness (QED) is 0.820. The molecule has 0 saturated heterocycles. The summed E-state index contributed by atoms with van der Waals surface area (Å²) in [6.07, 6.45) is 3.12. The molecule has 0 aliphatic rings. The molecular formula is C11H12N4OS. The number of carbonyl (C=O) groups is 1. The highest BCUT2D eigenvalue weighted by Gasteiger charge is 2.12. The van der Waals surface area contributed by atoms with E-state index in [1.54, 1.807) is 13.0 Å². The molecule has 88 valence electrons. The highest BCUT2D eigenvalue weighted by Crippen LogP contribution is 2.30. The molecule has 0 aromatic carbocycles. The Bertz CT molecular complexity index is 608. The number of aromatic nitrogens is 3. The van der Waals surface area contributed by atoms with E-state index < -0.39 is 0 Å². The van der Waals surface area contributed by atoms with Gasteiger partial charge in [0.25, 0.3) is 0 Å². The van der Waals surface area contributed by atoms with Crippen LogP contribution in [0.4, 0.5) is 5.13 Å². The molecule has 5 nitrogen and oxygen atoms in total. The Morgan fingerprint density at radius 2 is 2.35 bits per heavy atom. The van der Waals surface area contributed by atoms with Gasteiger partial charge in [-0.1, -0.05) is 24.0 Å². The van der Waals surface area contributed by atoms with Crippen molar-refractivity contribution in [3.05, 3.63) is 24.4 Å². The molecule has 0 bridgehead atoms. The number of rotatable bonds is 3. The molecule has 17 heavy (non-hydrogen) atoms. The van der Waals surface area contributed by atoms with Gasteiger partial charge in [-0.05, 0) is 25.5 Å². The summed E-state index contributed by atoms with van der Waals surface area (Å²) < 4.78 is 0.910. The van der Waals surface area contributed by atoms with Gasteiger partial charge in [0.1, 0.15) is 4.70 Å². The van der Waals surface area contributed by atoms with Crippen LogP contribution in [0.25, 0.3) is 15.9 Å². The number of nitrogens with zero attached hydrogens (tertiary/aromatic N) is 2. The normalized spacial score (nSPS) is 11.2. The van der Waals surface area contributed by atoms with Crippen molar-refractivity contribution in [3.63, 3.8) is 0 Å². The minimum absolute atomic E-state index is 0.190. The Hall–Kier alpha value is -1.95. The number of fused-ring (bicyclic) bond motifs is 1. The van der Waals surface area contributed by atoms with E-state index >= 15 is 0 Å². The zero-order valence-electron chi connectivity index (χ0n) is 9.57. The molecule has 2 rings (SSSR count). The van der Waals surface area contributed by atoms with Crippen molar-refractivity contribution in [3.8, 4) is 0 Å². The number of carbonyl (C=O) groups excluding carboxylic acids is 1. The number of thiazole rings is 1. The first-order valence-electron chi connectivity index (χ1n) is 5.06. The van der Waals surface area contributed by atoms with Crippen LogP contribution in [0.2, 0.25) is 0 Å². The van der Waals surface area contributed by atoms with Crippen LogP contribution in [-0.2, 0) is 4.79 Å². The van der Waals surface area contributed by atoms with Gasteiger partial charge in [0.15, 0.2) is 10.8 Å². The van der Waals surface area contributed by atoms with Crippen molar-refractivity contribution in [1.29, 1.82) is 0 Å². The van der Waals surface area contributed by atoms with Crippen molar-refractivity contribution in [2.45, 2.75) is 13.8 Å². The van der Waals surface area contributed by atoms with Crippen molar-refractivity contribution < 1.29 is 4.79 Å². The average molecular weight is 248 g/mol. The van der Waals surface area contributed by atoms with Crippen LogP contribution in [0.15, 0.2) is 18.7 Å². The van der Waals surface area contributed by atoms with Gasteiger partial charge in [-0.3, -0.25) is 15.2 Å². The Balaban J connectivity index is 2.32. The number of aromatic amines is 1. The van der Waals surface area contributed by atoms with E-state index in [0.717, 1.165) is 16.0 Å². The van der Waals surface area contributed by atoms with Gasteiger partial charge >= 0.3 is 0 Å². The van der Waals surface area contributed by atoms with Gasteiger partial charge in [-0.15, -0.1) is 0 Å². The molecule has 0 radical (unpaired) electrons. The molecule has 0 spiro atoms. The van der Waals surface area contributed by atoms with Crippen LogP contribution in [0.1, 0.15) is 19.5 Å². The van der Waals surface area contributed by atoms with Crippen molar-refractivity contribution in [2.75, 3.05) is 5.32 Å². The number of amides is 1. The van der Waals surface area contributed by atoms with Gasteiger partial charge in [0, 0.05) is 0 Å². The lowest BCUT2D eigenvalue weighted by atomic mass is 10.2. The van der Waals surface area contributed by atoms with Crippen LogP contribution in [0, 0.1) is 0 Å². The maximum atomic E-state index is 11.4. The SMILES string of the molecule is C=C(C)c1[nH]nc2nc(NC(=O)/C=C/C)sc12. The molecule has 1 amide bonds. The van der Waals surface area contributed by atoms with E-state index in [1.807, 2.05) is 6.92 Å². The number of anilines is 1. The summed E-state index contributed by atoms with van der Waals surface area (Å²) in [6, 6.07) is 0. The van der Waals surface area contributed by atoms with Crippen LogP contribution in [-0.4, -0.2) is 21.1 Å². The zero-order chi connectivity index (χ0) is 12.4. The van der Waals surface area contributed by atoms with E-state index in [4.69, 9.17) is 0 Å². The van der Waals surface area contributed by atoms with Gasteiger partial charge < -0.3 is 0 Å². The first-order valence-corrected chi connectivity index (χ1v) is 5.88. The first kappa shape index (κ1) is 11.5. The second-order valence-electron chi connectivity index (χ2n) is 3.54. The van der Waals surface area contributed by atoms with Crippen LogP contribution >= 0.6 is 11.3 Å². The highest BCUT2D eigenvalue weighted by molar-refractivity contribution is 7.22. The van der Waals surface area contributed by atoms with Gasteiger partial charge in [0.2, 0.25) is 5.91 Å². The molecule has 0 aliphatic heterocycles. The summed E-state index contributed by atoms with van der Waals surface area (Å²) in [4.78, 5) is 15.6. The predicted molar refractivity (Wildman–Crippen MR) is 69.9 cm³/mol. The molecule has 0 fully saturated rings. The van der Waals surface area contributed by atoms with E-state index in [2.05, 4.69) is 27.1 Å². The number of nitrogens with one attached hydrogen (secondary N) is 2. The summed E-state index contributed by atoms with van der Waals surface area (Å²) in [5.41, 5.74) is 2.36. The minimum atomic E-state index is -0.190. The molecule has 0 unspecified atom stereocenters. The van der Waals surface area contributed by atoms with Crippen LogP contribution < -0.4 is 5.32 Å². The average Bonchev–Trinajstić information content (AvgIpc) is 2.76. The molecule has 2 N–H and O–H groups in total. The summed E-state index contributed by atoms with van der Waals surface area (Å²) in [6.45, 7) is 7.54. The lowest BCUT2D eigenvalue weighted by Crippen LogP contribution is -2.07. The van der Waals surface area contributed by atoms with E-state index in [1.165, 1.54) is 17.4 Å². The summed E-state index contributed by atoms with van der Waals surface area (Å²) >= 11 is 1.38. The second kappa shape index (κ2) is 4.50. The second-order valence-corrected chi connectivity index (χ2v) is 4.54. The number of allylic oxidation sites excluding steroid dienone is 2. The van der Waals surface area contributed by atoms with Crippen LogP contribution in [0.5, 0.6) is 0 Å². The number of hydrogen-bond acceptors (Lipinski definition) is 4. The molecule has 0 atom stereocenters. The van der Waals surface area contributed by atoms with E-state index in [-0.39, 0.29) is 5.91 Å². The van der Waals surface area contributed by atoms with Gasteiger partial charge in [0.05, 0.1) is 5.69 Å². The third kappa shape index (κ3) is 2.26. The molecule has 2 aromatic rings. The van der Waals surface area contributed by atoms with Crippen LogP contribution in [0.3, 0.4) is 0 Å². The van der Waals surface area contributed by atoms with Crippen molar-refractivity contribution in [2.24, 2.45) is 0 Å². The topological polar surface area (TPSA) is 70.7 Å². The number of hydrogen-bond donors (Lipinski definition) is 2. The summed E-state index contributed by atoms with van der Waals surface area (Å²) in [5, 5.41) is 10.2. The molecule has 2 heterocycles. The van der Waals surface area contributed by atoms with Crippen molar-refractivity contribution >= 4 is 38.3 Å². The largest absolute Gasteiger partial charge is 0.298 e. The smallest absolute Gasteiger partial charge is 0.249 e. The predicted octanol–water partition coefficient (Wildman–Crippen LogP) is 2.57. The Kier molecular flexibility index (Phi) is 3.06. The maximum absolute atomic E-state index is 11.4. The fourth-order valence-corrected chi connectivity index (χ4v) is 2.33. The van der Waals surface area contributed by atoms with Gasteiger partial charge in [-0.2, -0.15) is 10.1 Å². The fraction of sp³-hybridized carbons (Fsp3) is 0.182. The maximum Gasteiger partial charge on any atom is 0.249 e. The van der Waals surface area contributed by atoms with Crippen molar-refractivity contribution in [1.82, 2.24) is 15.2 Å². The summed E-state index contributed by atoms with van der Waals surface area (Å²) in [7, 11) is 0. The lowest BCUT2D eigenvalue weighted by Gasteiger charge is -1.94. The molecule has 2 aromatic heterocycles. The Morgan fingerprint density at radius 3 is 3.00 bits per heavy atom. The molecule has 6 heteroatoms. The molecule has 0 aliphatic carbocycles. The monoisotopic (exact) mass is 248 g/mol. The standard InChI is InChI=1S/C11H12N4OS/c1-4-5-7(16)12-11-13-10-9(17-11)8(6(2)3)14-15-10/h4-5H,2H2,1,3H3,(H2,12,13,14,15,16)/b5-4+. The molecule has 0 saturated carbocycles. The molecular weight excluding hydrogens is 236 g/mol. The Labute approximate surface area is 102 Å². The highest BCUT2D eigenvalue weighted by atomic mass is 32.1. The first-order chi connectivity index (χ1) is 8.11. The fourth-order valence-electron chi connectivity index (χ4n) is 1.35. The Morgan fingerprint density at radius 1 is 1.59 bits per heavy atom. The van der Waals surface area contributed by atoms with E-state index in [9.17, 15) is 4.79 Å². The third-order valence-electron chi connectivity index (χ3n) is 2.08.